The van der Waals surface area contributed by atoms with Crippen molar-refractivity contribution >= 4 is 25.8 Å². The number of carbonyl (C=O) groups excluding carboxylic acids is 1. The Labute approximate surface area is 147 Å². The summed E-state index contributed by atoms with van der Waals surface area (Å²) < 4.78 is 51.0. The van der Waals surface area contributed by atoms with Gasteiger partial charge in [0.1, 0.15) is 11.8 Å². The lowest BCUT2D eigenvalue weighted by Gasteiger charge is -2.31. The third-order valence-electron chi connectivity index (χ3n) is 4.15. The van der Waals surface area contributed by atoms with Crippen molar-refractivity contribution in [2.45, 2.75) is 23.0 Å². The summed E-state index contributed by atoms with van der Waals surface area (Å²) in [6, 6.07) is 7.76. The van der Waals surface area contributed by atoms with Gasteiger partial charge in [-0.05, 0) is 25.0 Å². The maximum Gasteiger partial charge on any atom is 0.244 e. The zero-order chi connectivity index (χ0) is 18.7. The molecule has 136 valence electrons. The maximum absolute atomic E-state index is 12.7. The van der Waals surface area contributed by atoms with Crippen molar-refractivity contribution < 1.29 is 21.6 Å². The second-order valence-electron chi connectivity index (χ2n) is 5.69. The van der Waals surface area contributed by atoms with Gasteiger partial charge in [-0.25, -0.2) is 16.8 Å². The molecule has 8 nitrogen and oxygen atoms in total. The molecule has 1 saturated heterocycles. The lowest BCUT2D eigenvalue weighted by molar-refractivity contribution is -0.118. The van der Waals surface area contributed by atoms with Gasteiger partial charge in [0.2, 0.25) is 15.9 Å². The average molecular weight is 385 g/mol. The van der Waals surface area contributed by atoms with Crippen LogP contribution in [0.1, 0.15) is 18.4 Å². The van der Waals surface area contributed by atoms with Crippen LogP contribution in [0.5, 0.6) is 0 Å². The number of hydrogen-bond donors (Lipinski definition) is 1. The van der Waals surface area contributed by atoms with Gasteiger partial charge in [-0.1, -0.05) is 12.1 Å². The molecule has 2 rings (SSSR count). The van der Waals surface area contributed by atoms with Gasteiger partial charge in [0.05, 0.1) is 15.7 Å². The highest BCUT2D eigenvalue weighted by atomic mass is 32.2. The molecule has 1 heterocycles. The second-order valence-corrected chi connectivity index (χ2v) is 9.88. The molecule has 1 aromatic rings. The molecule has 0 aromatic heterocycles. The number of sulfone groups is 1. The van der Waals surface area contributed by atoms with Crippen LogP contribution in [-0.2, 0) is 24.7 Å². The largest absolute Gasteiger partial charge is 0.358 e. The zero-order valence-corrected chi connectivity index (χ0v) is 15.3. The molecule has 1 fully saturated rings. The first-order chi connectivity index (χ1) is 11.7. The summed E-state index contributed by atoms with van der Waals surface area (Å²) in [6.45, 7) is 0.0550. The zero-order valence-electron chi connectivity index (χ0n) is 13.7. The van der Waals surface area contributed by atoms with Gasteiger partial charge in [0.25, 0.3) is 0 Å². The number of rotatable bonds is 5. The summed E-state index contributed by atoms with van der Waals surface area (Å²) in [5.41, 5.74) is 0.0526. The SMILES string of the molecule is CNC(=O)CS(=O)(=O)C1CCN(S(=O)(=O)c2ccccc2C#N)CC1. The van der Waals surface area contributed by atoms with E-state index >= 15 is 0 Å². The van der Waals surface area contributed by atoms with E-state index in [0.717, 1.165) is 0 Å². The molecule has 1 N–H and O–H groups in total. The van der Waals surface area contributed by atoms with E-state index in [-0.39, 0.29) is 36.4 Å². The van der Waals surface area contributed by atoms with E-state index in [2.05, 4.69) is 5.32 Å². The van der Waals surface area contributed by atoms with E-state index in [0.29, 0.717) is 0 Å². The average Bonchev–Trinajstić information content (AvgIpc) is 2.61. The minimum absolute atomic E-state index is 0.0275. The highest BCUT2D eigenvalue weighted by Crippen LogP contribution is 2.26. The molecule has 1 aliphatic rings. The molecule has 0 saturated carbocycles. The van der Waals surface area contributed by atoms with E-state index in [1.165, 1.54) is 29.6 Å². The van der Waals surface area contributed by atoms with E-state index in [1.807, 2.05) is 6.07 Å². The molecule has 0 bridgehead atoms. The van der Waals surface area contributed by atoms with Crippen molar-refractivity contribution in [2.75, 3.05) is 25.9 Å². The lowest BCUT2D eigenvalue weighted by atomic mass is 10.2. The third kappa shape index (κ3) is 4.18. The van der Waals surface area contributed by atoms with Gasteiger partial charge in [0.15, 0.2) is 9.84 Å². The molecular formula is C15H19N3O5S2. The molecule has 0 unspecified atom stereocenters. The Hall–Kier alpha value is -1.96. The molecular weight excluding hydrogens is 366 g/mol. The first-order valence-corrected chi connectivity index (χ1v) is 10.8. The Morgan fingerprint density at radius 1 is 1.24 bits per heavy atom. The van der Waals surface area contributed by atoms with E-state index in [9.17, 15) is 21.6 Å². The Kier molecular flexibility index (Phi) is 5.82. The van der Waals surface area contributed by atoms with Crippen LogP contribution in [0.3, 0.4) is 0 Å². The Morgan fingerprint density at radius 3 is 2.40 bits per heavy atom. The topological polar surface area (TPSA) is 124 Å². The van der Waals surface area contributed by atoms with Gasteiger partial charge in [0, 0.05) is 20.1 Å². The Balaban J connectivity index is 2.14. The minimum atomic E-state index is -3.86. The first kappa shape index (κ1) is 19.4. The number of amides is 1. The number of benzene rings is 1. The summed E-state index contributed by atoms with van der Waals surface area (Å²) >= 11 is 0. The van der Waals surface area contributed by atoms with Crippen LogP contribution in [0.15, 0.2) is 29.2 Å². The van der Waals surface area contributed by atoms with Crippen LogP contribution >= 0.6 is 0 Å². The van der Waals surface area contributed by atoms with Crippen LogP contribution in [0, 0.1) is 11.3 Å². The quantitative estimate of drug-likeness (QED) is 0.753. The van der Waals surface area contributed by atoms with E-state index in [1.54, 1.807) is 6.07 Å². The number of carbonyl (C=O) groups is 1. The Morgan fingerprint density at radius 2 is 1.84 bits per heavy atom. The normalized spacial score (nSPS) is 17.0. The highest BCUT2D eigenvalue weighted by Gasteiger charge is 2.36. The van der Waals surface area contributed by atoms with Gasteiger partial charge in [-0.15, -0.1) is 0 Å². The maximum atomic E-state index is 12.7. The van der Waals surface area contributed by atoms with Crippen molar-refractivity contribution in [1.82, 2.24) is 9.62 Å². The number of piperidine rings is 1. The van der Waals surface area contributed by atoms with Crippen LogP contribution in [0.2, 0.25) is 0 Å². The number of nitrogens with one attached hydrogen (secondary N) is 1. The molecule has 1 amide bonds. The van der Waals surface area contributed by atoms with E-state index in [4.69, 9.17) is 5.26 Å². The van der Waals surface area contributed by atoms with Crippen molar-refractivity contribution in [3.8, 4) is 6.07 Å². The predicted octanol–water partition coefficient (Wildman–Crippen LogP) is -0.128. The molecule has 25 heavy (non-hydrogen) atoms. The van der Waals surface area contributed by atoms with Gasteiger partial charge < -0.3 is 5.32 Å². The molecule has 10 heteroatoms. The van der Waals surface area contributed by atoms with Crippen molar-refractivity contribution in [2.24, 2.45) is 0 Å². The standard InChI is InChI=1S/C15H19N3O5S2/c1-17-15(19)11-24(20,21)13-6-8-18(9-7-13)25(22,23)14-5-3-2-4-12(14)10-16/h2-5,13H,6-9,11H2,1H3,(H,17,19). The van der Waals surface area contributed by atoms with Crippen LogP contribution in [0.25, 0.3) is 0 Å². The summed E-state index contributed by atoms with van der Waals surface area (Å²) in [7, 11) is -6.13. The second kappa shape index (κ2) is 7.51. The highest BCUT2D eigenvalue weighted by molar-refractivity contribution is 7.92. The van der Waals surface area contributed by atoms with Crippen molar-refractivity contribution in [1.29, 1.82) is 5.26 Å². The van der Waals surface area contributed by atoms with E-state index < -0.39 is 36.8 Å². The predicted molar refractivity (Wildman–Crippen MR) is 90.8 cm³/mol. The summed E-state index contributed by atoms with van der Waals surface area (Å²) in [5, 5.41) is 10.6. The molecule has 1 aliphatic heterocycles. The molecule has 1 aromatic carbocycles. The lowest BCUT2D eigenvalue weighted by Crippen LogP contribution is -2.44. The van der Waals surface area contributed by atoms with Crippen LogP contribution in [0.4, 0.5) is 0 Å². The Bertz CT molecular complexity index is 895. The monoisotopic (exact) mass is 385 g/mol. The minimum Gasteiger partial charge on any atom is -0.358 e. The summed E-state index contributed by atoms with van der Waals surface area (Å²) in [6.07, 6.45) is 0.237. The van der Waals surface area contributed by atoms with Gasteiger partial charge in [-0.3, -0.25) is 4.79 Å². The molecule has 0 aliphatic carbocycles. The molecule has 0 atom stereocenters. The molecule has 0 spiro atoms. The first-order valence-electron chi connectivity index (χ1n) is 7.64. The number of sulfonamides is 1. The fraction of sp³-hybridized carbons (Fsp3) is 0.467. The summed E-state index contributed by atoms with van der Waals surface area (Å²) in [5.74, 6) is -1.18. The smallest absolute Gasteiger partial charge is 0.244 e. The van der Waals surface area contributed by atoms with Gasteiger partial charge >= 0.3 is 0 Å². The molecule has 0 radical (unpaired) electrons. The number of nitrogens with zero attached hydrogens (tertiary/aromatic N) is 2. The van der Waals surface area contributed by atoms with Crippen LogP contribution in [-0.4, -0.2) is 58.2 Å². The third-order valence-corrected chi connectivity index (χ3v) is 8.25. The van der Waals surface area contributed by atoms with Crippen LogP contribution < -0.4 is 5.32 Å². The van der Waals surface area contributed by atoms with Crippen molar-refractivity contribution in [3.05, 3.63) is 29.8 Å². The number of hydrogen-bond acceptors (Lipinski definition) is 6. The summed E-state index contributed by atoms with van der Waals surface area (Å²) in [4.78, 5) is 11.2. The van der Waals surface area contributed by atoms with Crippen molar-refractivity contribution in [3.63, 3.8) is 0 Å². The fourth-order valence-electron chi connectivity index (χ4n) is 2.73. The fourth-order valence-corrected chi connectivity index (χ4v) is 6.01. The van der Waals surface area contributed by atoms with Gasteiger partial charge in [-0.2, -0.15) is 9.57 Å². The number of nitriles is 1.